The van der Waals surface area contributed by atoms with Crippen LogP contribution >= 0.6 is 0 Å². The van der Waals surface area contributed by atoms with Gasteiger partial charge < -0.3 is 10.1 Å². The number of rotatable bonds is 3. The molecular formula is C17H20N4O2. The number of nitrogens with one attached hydrogen (secondary N) is 1. The van der Waals surface area contributed by atoms with E-state index in [1.807, 2.05) is 23.0 Å². The normalized spacial score (nSPS) is 23.5. The number of ether oxygens (including phenoxy) is 1. The van der Waals surface area contributed by atoms with Crippen LogP contribution in [-0.4, -0.2) is 33.4 Å². The third-order valence-electron chi connectivity index (χ3n) is 4.63. The molecule has 0 aromatic carbocycles. The Labute approximate surface area is 134 Å². The van der Waals surface area contributed by atoms with Gasteiger partial charge in [0.05, 0.1) is 17.9 Å². The molecule has 0 unspecified atom stereocenters. The van der Waals surface area contributed by atoms with Gasteiger partial charge in [-0.2, -0.15) is 5.10 Å². The minimum absolute atomic E-state index is 0.0111. The molecule has 2 aromatic rings. The van der Waals surface area contributed by atoms with E-state index in [9.17, 15) is 4.79 Å². The lowest BCUT2D eigenvalue weighted by atomic mass is 9.92. The van der Waals surface area contributed by atoms with Crippen molar-refractivity contribution >= 4 is 5.91 Å². The molecule has 0 radical (unpaired) electrons. The van der Waals surface area contributed by atoms with E-state index in [2.05, 4.69) is 15.4 Å². The van der Waals surface area contributed by atoms with Gasteiger partial charge in [0.15, 0.2) is 0 Å². The van der Waals surface area contributed by atoms with Gasteiger partial charge in [0.25, 0.3) is 0 Å². The Balaban J connectivity index is 1.57. The van der Waals surface area contributed by atoms with Crippen LogP contribution in [0.3, 0.4) is 0 Å². The molecule has 120 valence electrons. The predicted octanol–water partition coefficient (Wildman–Crippen LogP) is 1.94. The molecule has 2 atom stereocenters. The first-order chi connectivity index (χ1) is 11.3. The van der Waals surface area contributed by atoms with E-state index >= 15 is 0 Å². The SMILES string of the molecule is O=C(N[C@H]1CCCc2c1cnn2-c1ccncc1)[C@@H]1CCCO1. The number of carbonyl (C=O) groups excluding carboxylic acids is 1. The van der Waals surface area contributed by atoms with Gasteiger partial charge in [-0.3, -0.25) is 9.78 Å². The summed E-state index contributed by atoms with van der Waals surface area (Å²) in [5.41, 5.74) is 3.31. The highest BCUT2D eigenvalue weighted by Crippen LogP contribution is 2.31. The maximum absolute atomic E-state index is 12.3. The van der Waals surface area contributed by atoms with Gasteiger partial charge in [0, 0.05) is 30.3 Å². The Morgan fingerprint density at radius 1 is 1.26 bits per heavy atom. The lowest BCUT2D eigenvalue weighted by molar-refractivity contribution is -0.130. The number of pyridine rings is 1. The molecule has 2 aromatic heterocycles. The second-order valence-electron chi connectivity index (χ2n) is 6.12. The Kier molecular flexibility index (Phi) is 3.83. The van der Waals surface area contributed by atoms with Crippen molar-refractivity contribution in [2.75, 3.05) is 6.61 Å². The lowest BCUT2D eigenvalue weighted by Crippen LogP contribution is -2.38. The van der Waals surface area contributed by atoms with Crippen molar-refractivity contribution in [1.82, 2.24) is 20.1 Å². The molecular weight excluding hydrogens is 292 g/mol. The number of hydrogen-bond acceptors (Lipinski definition) is 4. The average Bonchev–Trinajstić information content (AvgIpc) is 3.26. The van der Waals surface area contributed by atoms with Crippen LogP contribution in [-0.2, 0) is 16.0 Å². The van der Waals surface area contributed by atoms with Gasteiger partial charge in [-0.25, -0.2) is 4.68 Å². The van der Waals surface area contributed by atoms with Crippen molar-refractivity contribution in [2.45, 2.75) is 44.2 Å². The molecule has 6 nitrogen and oxygen atoms in total. The van der Waals surface area contributed by atoms with Gasteiger partial charge in [-0.05, 0) is 44.2 Å². The average molecular weight is 312 g/mol. The van der Waals surface area contributed by atoms with Crippen LogP contribution in [0.5, 0.6) is 0 Å². The molecule has 1 N–H and O–H groups in total. The summed E-state index contributed by atoms with van der Waals surface area (Å²) < 4.78 is 7.44. The maximum Gasteiger partial charge on any atom is 0.249 e. The lowest BCUT2D eigenvalue weighted by Gasteiger charge is -2.25. The zero-order chi connectivity index (χ0) is 15.6. The Morgan fingerprint density at radius 2 is 2.13 bits per heavy atom. The zero-order valence-electron chi connectivity index (χ0n) is 12.9. The quantitative estimate of drug-likeness (QED) is 0.940. The van der Waals surface area contributed by atoms with Gasteiger partial charge in [0.2, 0.25) is 5.91 Å². The van der Waals surface area contributed by atoms with Crippen molar-refractivity contribution in [3.63, 3.8) is 0 Å². The van der Waals surface area contributed by atoms with E-state index in [1.54, 1.807) is 12.4 Å². The molecule has 6 heteroatoms. The highest BCUT2D eigenvalue weighted by Gasteiger charge is 2.30. The minimum atomic E-state index is -0.282. The van der Waals surface area contributed by atoms with Crippen LogP contribution in [0.15, 0.2) is 30.7 Å². The molecule has 0 spiro atoms. The van der Waals surface area contributed by atoms with Crippen LogP contribution in [0.1, 0.15) is 43.0 Å². The number of nitrogens with zero attached hydrogens (tertiary/aromatic N) is 3. The summed E-state index contributed by atoms with van der Waals surface area (Å²) >= 11 is 0. The van der Waals surface area contributed by atoms with E-state index in [1.165, 1.54) is 5.69 Å². The molecule has 1 saturated heterocycles. The highest BCUT2D eigenvalue weighted by atomic mass is 16.5. The fourth-order valence-corrected chi connectivity index (χ4v) is 3.46. The first-order valence-corrected chi connectivity index (χ1v) is 8.22. The van der Waals surface area contributed by atoms with Crippen molar-refractivity contribution in [2.24, 2.45) is 0 Å². The molecule has 1 fully saturated rings. The summed E-state index contributed by atoms with van der Waals surface area (Å²) in [7, 11) is 0. The number of hydrogen-bond donors (Lipinski definition) is 1. The monoisotopic (exact) mass is 312 g/mol. The number of carbonyl (C=O) groups is 1. The first-order valence-electron chi connectivity index (χ1n) is 8.22. The van der Waals surface area contributed by atoms with E-state index in [4.69, 9.17) is 4.74 Å². The zero-order valence-corrected chi connectivity index (χ0v) is 12.9. The summed E-state index contributed by atoms with van der Waals surface area (Å²) in [5, 5.41) is 7.68. The van der Waals surface area contributed by atoms with Crippen LogP contribution in [0.2, 0.25) is 0 Å². The number of fused-ring (bicyclic) bond motifs is 1. The predicted molar refractivity (Wildman–Crippen MR) is 84.2 cm³/mol. The van der Waals surface area contributed by atoms with Gasteiger partial charge in [-0.1, -0.05) is 0 Å². The summed E-state index contributed by atoms with van der Waals surface area (Å²) in [4.78, 5) is 16.4. The van der Waals surface area contributed by atoms with Crippen molar-refractivity contribution in [3.8, 4) is 5.69 Å². The van der Waals surface area contributed by atoms with E-state index < -0.39 is 0 Å². The second kappa shape index (κ2) is 6.12. The third-order valence-corrected chi connectivity index (χ3v) is 4.63. The molecule has 4 rings (SSSR count). The van der Waals surface area contributed by atoms with Crippen LogP contribution in [0.25, 0.3) is 5.69 Å². The second-order valence-corrected chi connectivity index (χ2v) is 6.12. The molecule has 1 aliphatic carbocycles. The summed E-state index contributed by atoms with van der Waals surface area (Å²) in [6, 6.07) is 3.93. The largest absolute Gasteiger partial charge is 0.368 e. The molecule has 1 amide bonds. The molecule has 2 aliphatic rings. The van der Waals surface area contributed by atoms with E-state index in [0.29, 0.717) is 6.61 Å². The van der Waals surface area contributed by atoms with E-state index in [-0.39, 0.29) is 18.1 Å². The van der Waals surface area contributed by atoms with Crippen molar-refractivity contribution in [3.05, 3.63) is 42.0 Å². The fourth-order valence-electron chi connectivity index (χ4n) is 3.46. The van der Waals surface area contributed by atoms with Crippen molar-refractivity contribution < 1.29 is 9.53 Å². The smallest absolute Gasteiger partial charge is 0.249 e. The maximum atomic E-state index is 12.3. The molecule has 23 heavy (non-hydrogen) atoms. The third kappa shape index (κ3) is 2.74. The summed E-state index contributed by atoms with van der Waals surface area (Å²) in [6.45, 7) is 0.688. The van der Waals surface area contributed by atoms with Crippen LogP contribution in [0, 0.1) is 0 Å². The Morgan fingerprint density at radius 3 is 2.91 bits per heavy atom. The highest BCUT2D eigenvalue weighted by molar-refractivity contribution is 5.81. The van der Waals surface area contributed by atoms with E-state index in [0.717, 1.165) is 43.4 Å². The van der Waals surface area contributed by atoms with Gasteiger partial charge >= 0.3 is 0 Å². The fraction of sp³-hybridized carbons (Fsp3) is 0.471. The van der Waals surface area contributed by atoms with Gasteiger partial charge in [0.1, 0.15) is 6.10 Å². The number of amides is 1. The molecule has 0 bridgehead atoms. The molecule has 1 aliphatic heterocycles. The van der Waals surface area contributed by atoms with Crippen molar-refractivity contribution in [1.29, 1.82) is 0 Å². The minimum Gasteiger partial charge on any atom is -0.368 e. The standard InChI is InChI=1S/C17H20N4O2/c22-17(16-5-2-10-23-16)20-14-3-1-4-15-13(14)11-19-21(15)12-6-8-18-9-7-12/h6-9,11,14,16H,1-5,10H2,(H,20,22)/t14-,16-/m0/s1. The van der Waals surface area contributed by atoms with Crippen LogP contribution in [0.4, 0.5) is 0 Å². The first kappa shape index (κ1) is 14.4. The topological polar surface area (TPSA) is 69.0 Å². The summed E-state index contributed by atoms with van der Waals surface area (Å²) in [5.74, 6) is 0.0111. The molecule has 0 saturated carbocycles. The van der Waals surface area contributed by atoms with Gasteiger partial charge in [-0.15, -0.1) is 0 Å². The Hall–Kier alpha value is -2.21. The summed E-state index contributed by atoms with van der Waals surface area (Å²) in [6.07, 6.45) is 9.89. The number of aromatic nitrogens is 3. The Bertz CT molecular complexity index is 692. The molecule has 3 heterocycles. The van der Waals surface area contributed by atoms with Crippen LogP contribution < -0.4 is 5.32 Å².